The topological polar surface area (TPSA) is 12.0 Å². The van der Waals surface area contributed by atoms with Crippen molar-refractivity contribution in [3.8, 4) is 0 Å². The highest BCUT2D eigenvalue weighted by Gasteiger charge is 2.24. The van der Waals surface area contributed by atoms with Crippen LogP contribution in [0.15, 0.2) is 54.6 Å². The van der Waals surface area contributed by atoms with Crippen molar-refractivity contribution in [2.75, 3.05) is 0 Å². The Balaban J connectivity index is 1.67. The highest BCUT2D eigenvalue weighted by Crippen LogP contribution is 2.33. The second-order valence-electron chi connectivity index (χ2n) is 5.85. The van der Waals surface area contributed by atoms with Gasteiger partial charge in [0.2, 0.25) is 0 Å². The maximum absolute atomic E-state index is 3.71. The van der Waals surface area contributed by atoms with Gasteiger partial charge in [-0.05, 0) is 48.8 Å². The van der Waals surface area contributed by atoms with E-state index in [1.54, 1.807) is 11.1 Å². The molecule has 1 aliphatic rings. The van der Waals surface area contributed by atoms with E-state index in [0.717, 1.165) is 6.54 Å². The molecule has 0 spiro atoms. The molecule has 0 aliphatic heterocycles. The Kier molecular flexibility index (Phi) is 4.17. The fourth-order valence-electron chi connectivity index (χ4n) is 3.33. The van der Waals surface area contributed by atoms with Crippen LogP contribution >= 0.6 is 0 Å². The monoisotopic (exact) mass is 265 g/mol. The van der Waals surface area contributed by atoms with E-state index in [-0.39, 0.29) is 0 Å². The normalized spacial score (nSPS) is 19.4. The average molecular weight is 265 g/mol. The average Bonchev–Trinajstić information content (AvgIpc) is 2.53. The molecule has 0 saturated carbocycles. The summed E-state index contributed by atoms with van der Waals surface area (Å²) in [7, 11) is 0. The van der Waals surface area contributed by atoms with Crippen LogP contribution in [0.25, 0.3) is 0 Å². The van der Waals surface area contributed by atoms with Crippen molar-refractivity contribution in [2.24, 2.45) is 0 Å². The van der Waals surface area contributed by atoms with Gasteiger partial charge in [-0.3, -0.25) is 0 Å². The Morgan fingerprint density at radius 2 is 1.80 bits per heavy atom. The van der Waals surface area contributed by atoms with Crippen LogP contribution in [0.5, 0.6) is 0 Å². The van der Waals surface area contributed by atoms with Crippen LogP contribution in [0.2, 0.25) is 0 Å². The first-order valence-corrected chi connectivity index (χ1v) is 7.69. The molecule has 0 fully saturated rings. The first-order valence-electron chi connectivity index (χ1n) is 7.69. The lowest BCUT2D eigenvalue weighted by Crippen LogP contribution is -2.33. The van der Waals surface area contributed by atoms with Gasteiger partial charge in [0.25, 0.3) is 0 Å². The molecular weight excluding hydrogens is 242 g/mol. The van der Waals surface area contributed by atoms with Gasteiger partial charge in [-0.25, -0.2) is 0 Å². The van der Waals surface area contributed by atoms with Gasteiger partial charge in [0.1, 0.15) is 0 Å². The lowest BCUT2D eigenvalue weighted by Gasteiger charge is -2.31. The van der Waals surface area contributed by atoms with Gasteiger partial charge in [-0.1, -0.05) is 54.6 Å². The summed E-state index contributed by atoms with van der Waals surface area (Å²) < 4.78 is 0. The molecule has 20 heavy (non-hydrogen) atoms. The van der Waals surface area contributed by atoms with Gasteiger partial charge in [0.05, 0.1) is 0 Å². The second-order valence-corrected chi connectivity index (χ2v) is 5.85. The first kappa shape index (κ1) is 13.4. The number of nitrogens with one attached hydrogen (secondary N) is 1. The number of hydrogen-bond acceptors (Lipinski definition) is 1. The Labute approximate surface area is 122 Å². The van der Waals surface area contributed by atoms with E-state index in [4.69, 9.17) is 0 Å². The molecule has 2 aromatic carbocycles. The molecule has 0 unspecified atom stereocenters. The molecule has 0 saturated heterocycles. The quantitative estimate of drug-likeness (QED) is 0.870. The number of fused-ring (bicyclic) bond motifs is 1. The van der Waals surface area contributed by atoms with Gasteiger partial charge in [-0.2, -0.15) is 0 Å². The van der Waals surface area contributed by atoms with Crippen molar-refractivity contribution < 1.29 is 0 Å². The summed E-state index contributed by atoms with van der Waals surface area (Å²) in [6.45, 7) is 3.29. The number of aryl methyl sites for hydroxylation is 1. The molecule has 1 aliphatic carbocycles. The van der Waals surface area contributed by atoms with Crippen LogP contribution in [0, 0.1) is 0 Å². The molecule has 0 radical (unpaired) electrons. The molecule has 1 nitrogen and oxygen atoms in total. The number of hydrogen-bond donors (Lipinski definition) is 1. The molecule has 104 valence electrons. The zero-order valence-corrected chi connectivity index (χ0v) is 12.2. The van der Waals surface area contributed by atoms with E-state index in [1.165, 1.54) is 24.8 Å². The zero-order chi connectivity index (χ0) is 13.8. The molecule has 0 aromatic heterocycles. The van der Waals surface area contributed by atoms with E-state index >= 15 is 0 Å². The number of benzene rings is 2. The molecule has 0 amide bonds. The minimum Gasteiger partial charge on any atom is -0.310 e. The molecule has 1 N–H and O–H groups in total. The SMILES string of the molecule is C[C@H](NCc1ccccc1)[C@H]1CCCc2ccccc21. The van der Waals surface area contributed by atoms with E-state index in [9.17, 15) is 0 Å². The highest BCUT2D eigenvalue weighted by atomic mass is 14.9. The number of rotatable bonds is 4. The van der Waals surface area contributed by atoms with Crippen LogP contribution < -0.4 is 5.32 Å². The van der Waals surface area contributed by atoms with Crippen LogP contribution in [0.1, 0.15) is 42.4 Å². The molecule has 2 atom stereocenters. The zero-order valence-electron chi connectivity index (χ0n) is 12.2. The van der Waals surface area contributed by atoms with Crippen LogP contribution in [0.3, 0.4) is 0 Å². The standard InChI is InChI=1S/C19H23N/c1-15(20-14-16-8-3-2-4-9-16)18-13-7-11-17-10-5-6-12-19(17)18/h2-6,8-10,12,15,18,20H,7,11,13-14H2,1H3/t15-,18+/m0/s1. The summed E-state index contributed by atoms with van der Waals surface area (Å²) in [5.74, 6) is 0.656. The fraction of sp³-hybridized carbons (Fsp3) is 0.368. The maximum atomic E-state index is 3.71. The fourth-order valence-corrected chi connectivity index (χ4v) is 3.33. The van der Waals surface area contributed by atoms with Gasteiger partial charge in [-0.15, -0.1) is 0 Å². The molecule has 0 heterocycles. The summed E-state index contributed by atoms with van der Waals surface area (Å²) in [6.07, 6.45) is 3.87. The minimum absolute atomic E-state index is 0.525. The summed E-state index contributed by atoms with van der Waals surface area (Å²) in [6, 6.07) is 20.2. The van der Waals surface area contributed by atoms with Crippen molar-refractivity contribution in [2.45, 2.75) is 44.7 Å². The van der Waals surface area contributed by atoms with Crippen molar-refractivity contribution in [1.82, 2.24) is 5.32 Å². The molecule has 0 bridgehead atoms. The van der Waals surface area contributed by atoms with E-state index < -0.39 is 0 Å². The smallest absolute Gasteiger partial charge is 0.0208 e. The highest BCUT2D eigenvalue weighted by molar-refractivity contribution is 5.33. The summed E-state index contributed by atoms with van der Waals surface area (Å²) in [5, 5.41) is 3.71. The van der Waals surface area contributed by atoms with Crippen molar-refractivity contribution >= 4 is 0 Å². The molecular formula is C19H23N. The lowest BCUT2D eigenvalue weighted by atomic mass is 9.79. The molecule has 3 rings (SSSR count). The largest absolute Gasteiger partial charge is 0.310 e. The van der Waals surface area contributed by atoms with Gasteiger partial charge in [0, 0.05) is 12.6 Å². The third-order valence-corrected chi connectivity index (χ3v) is 4.49. The van der Waals surface area contributed by atoms with E-state index in [0.29, 0.717) is 12.0 Å². The summed E-state index contributed by atoms with van der Waals surface area (Å²) in [4.78, 5) is 0. The van der Waals surface area contributed by atoms with Gasteiger partial charge in [0.15, 0.2) is 0 Å². The van der Waals surface area contributed by atoms with Crippen LogP contribution in [0.4, 0.5) is 0 Å². The van der Waals surface area contributed by atoms with Crippen molar-refractivity contribution in [3.63, 3.8) is 0 Å². The lowest BCUT2D eigenvalue weighted by molar-refractivity contribution is 0.413. The van der Waals surface area contributed by atoms with Gasteiger partial charge < -0.3 is 5.32 Å². The van der Waals surface area contributed by atoms with E-state index in [2.05, 4.69) is 66.8 Å². The first-order chi connectivity index (χ1) is 9.84. The van der Waals surface area contributed by atoms with Crippen LogP contribution in [-0.4, -0.2) is 6.04 Å². The Hall–Kier alpha value is -1.60. The van der Waals surface area contributed by atoms with Crippen molar-refractivity contribution in [3.05, 3.63) is 71.3 Å². The predicted octanol–water partition coefficient (Wildman–Crippen LogP) is 4.28. The Morgan fingerprint density at radius 1 is 1.05 bits per heavy atom. The van der Waals surface area contributed by atoms with Crippen LogP contribution in [-0.2, 0) is 13.0 Å². The maximum Gasteiger partial charge on any atom is 0.0208 e. The Bertz CT molecular complexity index is 547. The molecule has 1 heteroatoms. The predicted molar refractivity (Wildman–Crippen MR) is 84.9 cm³/mol. The van der Waals surface area contributed by atoms with E-state index in [1.807, 2.05) is 0 Å². The summed E-state index contributed by atoms with van der Waals surface area (Å²) >= 11 is 0. The summed E-state index contributed by atoms with van der Waals surface area (Å²) in [5.41, 5.74) is 4.48. The third-order valence-electron chi connectivity index (χ3n) is 4.49. The minimum atomic E-state index is 0.525. The van der Waals surface area contributed by atoms with Gasteiger partial charge >= 0.3 is 0 Å². The Morgan fingerprint density at radius 3 is 2.65 bits per heavy atom. The molecule has 2 aromatic rings. The van der Waals surface area contributed by atoms with Crippen molar-refractivity contribution in [1.29, 1.82) is 0 Å². The third kappa shape index (κ3) is 2.94. The second kappa shape index (κ2) is 6.23.